The van der Waals surface area contributed by atoms with E-state index in [1.807, 2.05) is 13.8 Å². The first-order chi connectivity index (χ1) is 12.9. The standard InChI is InChI=1S/C22H25BO4/c1-21(2)22(3,20(24-4)25-5)23(27-26-21)19-17-12-8-6-10-15(17)14-16-11-7-9-13-18(16)19/h6-14,20H,1-5H3. The molecule has 0 spiro atoms. The summed E-state index contributed by atoms with van der Waals surface area (Å²) in [5.74, 6) is 0. The van der Waals surface area contributed by atoms with Crippen molar-refractivity contribution in [3.05, 3.63) is 54.6 Å². The summed E-state index contributed by atoms with van der Waals surface area (Å²) in [4.78, 5) is 11.9. The molecule has 0 radical (unpaired) electrons. The summed E-state index contributed by atoms with van der Waals surface area (Å²) in [6.07, 6.45) is -0.488. The molecule has 0 saturated carbocycles. The van der Waals surface area contributed by atoms with Gasteiger partial charge in [0, 0.05) is 14.2 Å². The van der Waals surface area contributed by atoms with Crippen LogP contribution in [0.1, 0.15) is 20.8 Å². The predicted molar refractivity (Wildman–Crippen MR) is 109 cm³/mol. The summed E-state index contributed by atoms with van der Waals surface area (Å²) in [6.45, 7) is 5.80. The highest BCUT2D eigenvalue weighted by Gasteiger charge is 2.64. The van der Waals surface area contributed by atoms with Crippen LogP contribution in [-0.2, 0) is 19.2 Å². The Morgan fingerprint density at radius 3 is 1.89 bits per heavy atom. The van der Waals surface area contributed by atoms with Gasteiger partial charge in [-0.05, 0) is 46.9 Å². The molecule has 3 aromatic carbocycles. The lowest BCUT2D eigenvalue weighted by Gasteiger charge is -2.41. The Hall–Kier alpha value is -1.92. The van der Waals surface area contributed by atoms with Crippen molar-refractivity contribution < 1.29 is 19.2 Å². The van der Waals surface area contributed by atoms with Gasteiger partial charge in [0.2, 0.25) is 0 Å². The molecular weight excluding hydrogens is 339 g/mol. The van der Waals surface area contributed by atoms with E-state index in [0.29, 0.717) is 0 Å². The smallest absolute Gasteiger partial charge is 0.356 e. The number of hydrogen-bond acceptors (Lipinski definition) is 4. The van der Waals surface area contributed by atoms with Gasteiger partial charge in [0.25, 0.3) is 0 Å². The number of hydrogen-bond donors (Lipinski definition) is 0. The largest absolute Gasteiger partial charge is 0.388 e. The van der Waals surface area contributed by atoms with Crippen LogP contribution in [0.5, 0.6) is 0 Å². The quantitative estimate of drug-likeness (QED) is 0.299. The zero-order chi connectivity index (χ0) is 19.2. The van der Waals surface area contributed by atoms with Crippen molar-refractivity contribution in [2.24, 2.45) is 0 Å². The van der Waals surface area contributed by atoms with Gasteiger partial charge in [0.1, 0.15) is 5.60 Å². The normalized spacial score (nSPS) is 22.2. The second-order valence-corrected chi connectivity index (χ2v) is 7.89. The fraction of sp³-hybridized carbons (Fsp3) is 0.364. The Balaban J connectivity index is 2.05. The van der Waals surface area contributed by atoms with Crippen LogP contribution in [0, 0.1) is 0 Å². The molecule has 1 saturated heterocycles. The molecule has 0 aliphatic carbocycles. The Morgan fingerprint density at radius 1 is 0.852 bits per heavy atom. The van der Waals surface area contributed by atoms with Crippen LogP contribution in [0.2, 0.25) is 5.31 Å². The molecule has 1 aliphatic rings. The van der Waals surface area contributed by atoms with Gasteiger partial charge in [-0.25, -0.2) is 4.89 Å². The lowest BCUT2D eigenvalue weighted by atomic mass is 9.37. The molecule has 4 rings (SSSR count). The Labute approximate surface area is 160 Å². The van der Waals surface area contributed by atoms with Crippen LogP contribution in [0.15, 0.2) is 54.6 Å². The first kappa shape index (κ1) is 18.4. The van der Waals surface area contributed by atoms with Gasteiger partial charge < -0.3 is 9.47 Å². The number of methoxy groups -OCH3 is 2. The molecule has 0 amide bonds. The van der Waals surface area contributed by atoms with Gasteiger partial charge in [-0.2, -0.15) is 0 Å². The van der Waals surface area contributed by atoms with E-state index >= 15 is 0 Å². The van der Waals surface area contributed by atoms with Crippen LogP contribution in [0.3, 0.4) is 0 Å². The molecule has 0 N–H and O–H groups in total. The third-order valence-electron chi connectivity index (χ3n) is 6.19. The predicted octanol–water partition coefficient (Wildman–Crippen LogP) is 4.31. The Morgan fingerprint density at radius 2 is 1.37 bits per heavy atom. The minimum absolute atomic E-state index is 0.353. The molecule has 5 heteroatoms. The van der Waals surface area contributed by atoms with Gasteiger partial charge in [-0.1, -0.05) is 55.5 Å². The van der Waals surface area contributed by atoms with Crippen molar-refractivity contribution in [2.45, 2.75) is 38.0 Å². The van der Waals surface area contributed by atoms with E-state index < -0.39 is 17.2 Å². The van der Waals surface area contributed by atoms with Crippen molar-refractivity contribution in [2.75, 3.05) is 14.2 Å². The molecule has 1 unspecified atom stereocenters. The highest BCUT2D eigenvalue weighted by atomic mass is 17.2. The zero-order valence-electron chi connectivity index (χ0n) is 16.5. The summed E-state index contributed by atoms with van der Waals surface area (Å²) in [5, 5.41) is 4.09. The first-order valence-corrected chi connectivity index (χ1v) is 9.24. The fourth-order valence-corrected chi connectivity index (χ4v) is 4.35. The third kappa shape index (κ3) is 2.61. The van der Waals surface area contributed by atoms with E-state index in [4.69, 9.17) is 19.2 Å². The van der Waals surface area contributed by atoms with Crippen molar-refractivity contribution in [3.63, 3.8) is 0 Å². The van der Waals surface area contributed by atoms with E-state index in [1.165, 1.54) is 10.8 Å². The molecule has 27 heavy (non-hydrogen) atoms. The maximum atomic E-state index is 6.01. The van der Waals surface area contributed by atoms with Crippen LogP contribution >= 0.6 is 0 Å². The molecule has 1 heterocycles. The summed E-state index contributed by atoms with van der Waals surface area (Å²) < 4.78 is 11.4. The number of ether oxygens (including phenoxy) is 2. The van der Waals surface area contributed by atoms with Crippen LogP contribution in [-0.4, -0.2) is 33.0 Å². The monoisotopic (exact) mass is 364 g/mol. The van der Waals surface area contributed by atoms with Crippen LogP contribution in [0.4, 0.5) is 0 Å². The van der Waals surface area contributed by atoms with Gasteiger partial charge in [-0.3, -0.25) is 4.81 Å². The molecule has 1 aliphatic heterocycles. The lowest BCUT2D eigenvalue weighted by molar-refractivity contribution is -0.275. The number of fused-ring (bicyclic) bond motifs is 2. The zero-order valence-corrected chi connectivity index (χ0v) is 16.5. The average Bonchev–Trinajstić information content (AvgIpc) is 2.91. The third-order valence-corrected chi connectivity index (χ3v) is 6.19. The summed E-state index contributed by atoms with van der Waals surface area (Å²) in [5.41, 5.74) is 0.503. The maximum Gasteiger partial charge on any atom is 0.388 e. The summed E-state index contributed by atoms with van der Waals surface area (Å²) in [6, 6.07) is 19.0. The van der Waals surface area contributed by atoms with E-state index in [-0.39, 0.29) is 6.92 Å². The topological polar surface area (TPSA) is 36.9 Å². The molecular formula is C22H25BO4. The summed E-state index contributed by atoms with van der Waals surface area (Å²) >= 11 is 0. The second kappa shape index (κ2) is 6.60. The molecule has 0 bridgehead atoms. The highest BCUT2D eigenvalue weighted by molar-refractivity contribution is 6.76. The molecule has 3 aromatic rings. The maximum absolute atomic E-state index is 6.01. The summed E-state index contributed by atoms with van der Waals surface area (Å²) in [7, 11) is 3.32. The first-order valence-electron chi connectivity index (χ1n) is 9.24. The van der Waals surface area contributed by atoms with Gasteiger partial charge in [0.15, 0.2) is 6.29 Å². The molecule has 140 valence electrons. The van der Waals surface area contributed by atoms with Gasteiger partial charge in [0.05, 0.1) is 5.31 Å². The minimum atomic E-state index is -0.605. The van der Waals surface area contributed by atoms with E-state index in [2.05, 4.69) is 61.5 Å². The number of rotatable bonds is 4. The van der Waals surface area contributed by atoms with Crippen molar-refractivity contribution in [1.82, 2.24) is 0 Å². The second-order valence-electron chi connectivity index (χ2n) is 7.89. The lowest BCUT2D eigenvalue weighted by Crippen LogP contribution is -2.54. The fourth-order valence-electron chi connectivity index (χ4n) is 4.35. The average molecular weight is 364 g/mol. The number of benzene rings is 3. The van der Waals surface area contributed by atoms with Crippen molar-refractivity contribution in [1.29, 1.82) is 0 Å². The van der Waals surface area contributed by atoms with E-state index in [1.54, 1.807) is 14.2 Å². The van der Waals surface area contributed by atoms with Crippen LogP contribution in [0.25, 0.3) is 21.5 Å². The molecule has 1 fully saturated rings. The SMILES string of the molecule is COC(OC)C1(C)B(c2c3ccccc3cc3ccccc23)OOC1(C)C. The van der Waals surface area contributed by atoms with Gasteiger partial charge in [-0.15, -0.1) is 0 Å². The van der Waals surface area contributed by atoms with E-state index in [9.17, 15) is 0 Å². The van der Waals surface area contributed by atoms with Crippen LogP contribution < -0.4 is 5.46 Å². The molecule has 0 aromatic heterocycles. The molecule has 1 atom stereocenters. The van der Waals surface area contributed by atoms with E-state index in [0.717, 1.165) is 16.2 Å². The highest BCUT2D eigenvalue weighted by Crippen LogP contribution is 2.53. The Bertz CT molecular complexity index is 928. The van der Waals surface area contributed by atoms with Gasteiger partial charge >= 0.3 is 6.92 Å². The van der Waals surface area contributed by atoms with Crippen molar-refractivity contribution >= 4 is 33.9 Å². The minimum Gasteiger partial charge on any atom is -0.356 e. The molecule has 4 nitrogen and oxygen atoms in total. The van der Waals surface area contributed by atoms with Crippen molar-refractivity contribution in [3.8, 4) is 0 Å². The Kier molecular flexibility index (Phi) is 4.51.